The van der Waals surface area contributed by atoms with Gasteiger partial charge in [0, 0.05) is 12.2 Å². The van der Waals surface area contributed by atoms with Gasteiger partial charge in [-0.05, 0) is 31.9 Å². The number of carboxylic acid groups (broad SMARTS) is 1. The zero-order chi connectivity index (χ0) is 13.4. The molecule has 0 aliphatic carbocycles. The van der Waals surface area contributed by atoms with Crippen LogP contribution in [0.5, 0.6) is 0 Å². The van der Waals surface area contributed by atoms with Crippen LogP contribution in [0.2, 0.25) is 0 Å². The molecule has 98 valence electrons. The van der Waals surface area contributed by atoms with E-state index in [0.29, 0.717) is 11.4 Å². The first-order valence-corrected chi connectivity index (χ1v) is 6.26. The Balaban J connectivity index is 2.78. The van der Waals surface area contributed by atoms with Crippen molar-refractivity contribution in [3.05, 3.63) is 35.5 Å². The lowest BCUT2D eigenvalue weighted by molar-refractivity contribution is 0.0696. The van der Waals surface area contributed by atoms with Crippen molar-refractivity contribution in [3.8, 4) is 0 Å². The number of carboxylic acids is 1. The monoisotopic (exact) mass is 248 g/mol. The Morgan fingerprint density at radius 3 is 2.89 bits per heavy atom. The largest absolute Gasteiger partial charge is 0.478 e. The van der Waals surface area contributed by atoms with Crippen molar-refractivity contribution in [3.63, 3.8) is 0 Å². The van der Waals surface area contributed by atoms with Crippen molar-refractivity contribution < 1.29 is 9.90 Å². The van der Waals surface area contributed by atoms with Crippen molar-refractivity contribution in [1.82, 2.24) is 4.98 Å². The molecule has 0 spiro atoms. The summed E-state index contributed by atoms with van der Waals surface area (Å²) in [6.07, 6.45) is 6.70. The number of nitrogens with zero attached hydrogens (tertiary/aromatic N) is 1. The molecule has 4 nitrogen and oxygen atoms in total. The molecule has 0 radical (unpaired) electrons. The Labute approximate surface area is 108 Å². The maximum absolute atomic E-state index is 11.0. The number of nitrogens with one attached hydrogen (secondary N) is 1. The molecule has 18 heavy (non-hydrogen) atoms. The Morgan fingerprint density at radius 1 is 1.50 bits per heavy atom. The molecule has 0 aromatic carbocycles. The number of carbonyl (C=O) groups is 1. The Bertz CT molecular complexity index is 428. The first-order chi connectivity index (χ1) is 8.67. The van der Waals surface area contributed by atoms with Gasteiger partial charge < -0.3 is 10.4 Å². The van der Waals surface area contributed by atoms with Crippen molar-refractivity contribution in [2.45, 2.75) is 33.1 Å². The number of pyridine rings is 1. The van der Waals surface area contributed by atoms with E-state index in [0.717, 1.165) is 31.5 Å². The van der Waals surface area contributed by atoms with Crippen LogP contribution in [0.1, 0.15) is 42.7 Å². The number of allylic oxidation sites excluding steroid dienone is 1. The molecule has 4 heteroatoms. The first kappa shape index (κ1) is 14.2. The van der Waals surface area contributed by atoms with E-state index in [1.54, 1.807) is 12.1 Å². The summed E-state index contributed by atoms with van der Waals surface area (Å²) in [5.41, 5.74) is 1.12. The van der Waals surface area contributed by atoms with Crippen LogP contribution >= 0.6 is 0 Å². The van der Waals surface area contributed by atoms with Crippen LogP contribution < -0.4 is 5.32 Å². The SMILES string of the molecule is C/C=C/CCNc1cc(C(=O)O)cc(CCC)n1. The fourth-order valence-corrected chi connectivity index (χ4v) is 1.64. The minimum absolute atomic E-state index is 0.294. The van der Waals surface area contributed by atoms with E-state index < -0.39 is 5.97 Å². The maximum atomic E-state index is 11.0. The van der Waals surface area contributed by atoms with E-state index in [1.165, 1.54) is 0 Å². The topological polar surface area (TPSA) is 62.2 Å². The number of aromatic carboxylic acids is 1. The van der Waals surface area contributed by atoms with Crippen LogP contribution in [0, 0.1) is 0 Å². The number of rotatable bonds is 7. The van der Waals surface area contributed by atoms with E-state index in [9.17, 15) is 4.79 Å². The normalized spacial score (nSPS) is 10.8. The number of hydrogen-bond donors (Lipinski definition) is 2. The molecule has 0 aliphatic heterocycles. The molecule has 2 N–H and O–H groups in total. The predicted molar refractivity (Wildman–Crippen MR) is 73.1 cm³/mol. The lowest BCUT2D eigenvalue weighted by Crippen LogP contribution is -2.07. The molecular formula is C14H20N2O2. The standard InChI is InChI=1S/C14H20N2O2/c1-3-5-6-8-15-13-10-11(14(17)18)9-12(16-13)7-4-2/h3,5,9-10H,4,6-8H2,1-2H3,(H,15,16)(H,17,18)/b5-3+. The van der Waals surface area contributed by atoms with Gasteiger partial charge >= 0.3 is 5.97 Å². The quantitative estimate of drug-likeness (QED) is 0.575. The van der Waals surface area contributed by atoms with Crippen molar-refractivity contribution >= 4 is 11.8 Å². The van der Waals surface area contributed by atoms with Gasteiger partial charge in [-0.2, -0.15) is 0 Å². The van der Waals surface area contributed by atoms with Crippen molar-refractivity contribution in [1.29, 1.82) is 0 Å². The number of hydrogen-bond acceptors (Lipinski definition) is 3. The third-order valence-corrected chi connectivity index (χ3v) is 2.48. The van der Waals surface area contributed by atoms with Gasteiger partial charge in [-0.3, -0.25) is 0 Å². The predicted octanol–water partition coefficient (Wildman–Crippen LogP) is 3.11. The molecule has 0 fully saturated rings. The van der Waals surface area contributed by atoms with E-state index in [4.69, 9.17) is 5.11 Å². The summed E-state index contributed by atoms with van der Waals surface area (Å²) in [5, 5.41) is 12.2. The molecule has 1 aromatic rings. The van der Waals surface area contributed by atoms with Gasteiger partial charge in [0.05, 0.1) is 5.56 Å². The maximum Gasteiger partial charge on any atom is 0.335 e. The summed E-state index contributed by atoms with van der Waals surface area (Å²) in [4.78, 5) is 15.4. The van der Waals surface area contributed by atoms with Crippen LogP contribution in [-0.4, -0.2) is 22.6 Å². The Hall–Kier alpha value is -1.84. The van der Waals surface area contributed by atoms with Gasteiger partial charge in [0.15, 0.2) is 0 Å². The minimum atomic E-state index is -0.911. The fraction of sp³-hybridized carbons (Fsp3) is 0.429. The van der Waals surface area contributed by atoms with Crippen LogP contribution in [0.4, 0.5) is 5.82 Å². The average molecular weight is 248 g/mol. The second-order valence-electron chi connectivity index (χ2n) is 4.07. The molecule has 0 bridgehead atoms. The molecule has 0 amide bonds. The third-order valence-electron chi connectivity index (χ3n) is 2.48. The highest BCUT2D eigenvalue weighted by Crippen LogP contribution is 2.12. The van der Waals surface area contributed by atoms with Crippen molar-refractivity contribution in [2.24, 2.45) is 0 Å². The van der Waals surface area contributed by atoms with Crippen LogP contribution in [0.3, 0.4) is 0 Å². The molecule has 1 heterocycles. The zero-order valence-electron chi connectivity index (χ0n) is 10.9. The van der Waals surface area contributed by atoms with Crippen LogP contribution in [0.25, 0.3) is 0 Å². The summed E-state index contributed by atoms with van der Waals surface area (Å²) in [7, 11) is 0. The number of anilines is 1. The summed E-state index contributed by atoms with van der Waals surface area (Å²) in [6.45, 7) is 4.78. The molecular weight excluding hydrogens is 228 g/mol. The molecule has 1 rings (SSSR count). The summed E-state index contributed by atoms with van der Waals surface area (Å²) >= 11 is 0. The number of aryl methyl sites for hydroxylation is 1. The molecule has 0 atom stereocenters. The first-order valence-electron chi connectivity index (χ1n) is 6.26. The Kier molecular flexibility index (Phi) is 5.91. The van der Waals surface area contributed by atoms with Gasteiger partial charge in [-0.1, -0.05) is 25.5 Å². The Morgan fingerprint density at radius 2 is 2.28 bits per heavy atom. The van der Waals surface area contributed by atoms with Gasteiger partial charge in [0.25, 0.3) is 0 Å². The molecule has 0 saturated carbocycles. The smallest absolute Gasteiger partial charge is 0.335 e. The highest BCUT2D eigenvalue weighted by molar-refractivity contribution is 5.88. The van der Waals surface area contributed by atoms with Crippen LogP contribution in [0.15, 0.2) is 24.3 Å². The third kappa shape index (κ3) is 4.57. The summed E-state index contributed by atoms with van der Waals surface area (Å²) in [6, 6.07) is 3.22. The molecule has 0 saturated heterocycles. The molecule has 0 unspecified atom stereocenters. The lowest BCUT2D eigenvalue weighted by Gasteiger charge is -2.08. The van der Waals surface area contributed by atoms with Crippen LogP contribution in [-0.2, 0) is 6.42 Å². The van der Waals surface area contributed by atoms with Gasteiger partial charge in [-0.25, -0.2) is 9.78 Å². The van der Waals surface area contributed by atoms with E-state index in [2.05, 4.69) is 16.4 Å². The van der Waals surface area contributed by atoms with Gasteiger partial charge in [0.2, 0.25) is 0 Å². The number of aromatic nitrogens is 1. The lowest BCUT2D eigenvalue weighted by atomic mass is 10.1. The second-order valence-corrected chi connectivity index (χ2v) is 4.07. The fourth-order valence-electron chi connectivity index (χ4n) is 1.64. The van der Waals surface area contributed by atoms with Gasteiger partial charge in [0.1, 0.15) is 5.82 Å². The highest BCUT2D eigenvalue weighted by Gasteiger charge is 2.07. The van der Waals surface area contributed by atoms with E-state index in [1.807, 2.05) is 19.9 Å². The zero-order valence-corrected chi connectivity index (χ0v) is 10.9. The van der Waals surface area contributed by atoms with E-state index >= 15 is 0 Å². The van der Waals surface area contributed by atoms with E-state index in [-0.39, 0.29) is 0 Å². The van der Waals surface area contributed by atoms with Crippen molar-refractivity contribution in [2.75, 3.05) is 11.9 Å². The molecule has 1 aromatic heterocycles. The highest BCUT2D eigenvalue weighted by atomic mass is 16.4. The summed E-state index contributed by atoms with van der Waals surface area (Å²) in [5.74, 6) is -0.269. The molecule has 0 aliphatic rings. The van der Waals surface area contributed by atoms with Gasteiger partial charge in [-0.15, -0.1) is 0 Å². The second kappa shape index (κ2) is 7.48. The average Bonchev–Trinajstić information content (AvgIpc) is 2.35. The minimum Gasteiger partial charge on any atom is -0.478 e. The summed E-state index contributed by atoms with van der Waals surface area (Å²) < 4.78 is 0.